The SMILES string of the molecule is COc1cc(OC)c(OC)cc1CNC(=O)CN1C(=O)N[C@](C)(c2ccc(C(C)C)cc2)C1=O. The summed E-state index contributed by atoms with van der Waals surface area (Å²) in [6, 6.07) is 10.3. The van der Waals surface area contributed by atoms with Gasteiger partial charge in [-0.05, 0) is 30.0 Å². The minimum atomic E-state index is -1.24. The molecule has 9 nitrogen and oxygen atoms in total. The zero-order valence-electron chi connectivity index (χ0n) is 20.4. The Morgan fingerprint density at radius 2 is 1.59 bits per heavy atom. The molecule has 0 unspecified atom stereocenters. The predicted molar refractivity (Wildman–Crippen MR) is 126 cm³/mol. The molecule has 1 fully saturated rings. The zero-order chi connectivity index (χ0) is 25.0. The van der Waals surface area contributed by atoms with Crippen molar-refractivity contribution in [3.63, 3.8) is 0 Å². The van der Waals surface area contributed by atoms with Gasteiger partial charge >= 0.3 is 6.03 Å². The molecule has 2 aromatic rings. The van der Waals surface area contributed by atoms with Crippen LogP contribution in [0.2, 0.25) is 0 Å². The molecule has 0 bridgehead atoms. The quantitative estimate of drug-likeness (QED) is 0.547. The van der Waals surface area contributed by atoms with E-state index in [0.717, 1.165) is 10.5 Å². The Bertz CT molecular complexity index is 1080. The number of benzene rings is 2. The summed E-state index contributed by atoms with van der Waals surface area (Å²) in [4.78, 5) is 39.3. The Kier molecular flexibility index (Phi) is 7.34. The van der Waals surface area contributed by atoms with Crippen LogP contribution in [0.25, 0.3) is 0 Å². The summed E-state index contributed by atoms with van der Waals surface area (Å²) in [5.74, 6) is 0.870. The molecule has 0 aromatic heterocycles. The van der Waals surface area contributed by atoms with Crippen LogP contribution in [-0.2, 0) is 21.7 Å². The molecule has 1 saturated heterocycles. The molecule has 2 aromatic carbocycles. The van der Waals surface area contributed by atoms with E-state index in [9.17, 15) is 14.4 Å². The van der Waals surface area contributed by atoms with Crippen LogP contribution in [0.15, 0.2) is 36.4 Å². The molecule has 3 rings (SSSR count). The monoisotopic (exact) mass is 469 g/mol. The fourth-order valence-corrected chi connectivity index (χ4v) is 3.86. The van der Waals surface area contributed by atoms with Gasteiger partial charge in [-0.2, -0.15) is 0 Å². The smallest absolute Gasteiger partial charge is 0.325 e. The number of hydrogen-bond donors (Lipinski definition) is 2. The zero-order valence-corrected chi connectivity index (χ0v) is 20.4. The van der Waals surface area contributed by atoms with Crippen LogP contribution >= 0.6 is 0 Å². The first-order valence-electron chi connectivity index (χ1n) is 10.9. The molecular weight excluding hydrogens is 438 g/mol. The van der Waals surface area contributed by atoms with E-state index in [1.807, 2.05) is 24.3 Å². The van der Waals surface area contributed by atoms with Crippen molar-refractivity contribution in [2.75, 3.05) is 27.9 Å². The van der Waals surface area contributed by atoms with Crippen molar-refractivity contribution in [1.82, 2.24) is 15.5 Å². The number of nitrogens with zero attached hydrogens (tertiary/aromatic N) is 1. The summed E-state index contributed by atoms with van der Waals surface area (Å²) < 4.78 is 15.9. The third-order valence-electron chi connectivity index (χ3n) is 5.99. The number of nitrogens with one attached hydrogen (secondary N) is 2. The highest BCUT2D eigenvalue weighted by Gasteiger charge is 2.49. The van der Waals surface area contributed by atoms with Crippen molar-refractivity contribution in [1.29, 1.82) is 0 Å². The second-order valence-electron chi connectivity index (χ2n) is 8.52. The average molecular weight is 470 g/mol. The molecule has 182 valence electrons. The molecule has 34 heavy (non-hydrogen) atoms. The van der Waals surface area contributed by atoms with E-state index < -0.39 is 29.9 Å². The summed E-state index contributed by atoms with van der Waals surface area (Å²) in [5.41, 5.74) is 1.21. The fourth-order valence-electron chi connectivity index (χ4n) is 3.86. The van der Waals surface area contributed by atoms with Crippen molar-refractivity contribution in [2.45, 2.75) is 38.8 Å². The minimum Gasteiger partial charge on any atom is -0.496 e. The van der Waals surface area contributed by atoms with Crippen molar-refractivity contribution in [3.8, 4) is 17.2 Å². The number of amides is 4. The number of urea groups is 1. The maximum atomic E-state index is 13.1. The normalized spacial score (nSPS) is 17.6. The van der Waals surface area contributed by atoms with Gasteiger partial charge in [-0.1, -0.05) is 38.1 Å². The van der Waals surface area contributed by atoms with Gasteiger partial charge in [0.25, 0.3) is 5.91 Å². The van der Waals surface area contributed by atoms with Gasteiger partial charge in [0, 0.05) is 18.2 Å². The van der Waals surface area contributed by atoms with Crippen molar-refractivity contribution < 1.29 is 28.6 Å². The van der Waals surface area contributed by atoms with E-state index in [0.29, 0.717) is 34.3 Å². The first kappa shape index (κ1) is 24.9. The topological polar surface area (TPSA) is 106 Å². The Morgan fingerprint density at radius 1 is 1.00 bits per heavy atom. The highest BCUT2D eigenvalue weighted by Crippen LogP contribution is 2.34. The lowest BCUT2D eigenvalue weighted by molar-refractivity contribution is -0.134. The van der Waals surface area contributed by atoms with Crippen LogP contribution in [0.3, 0.4) is 0 Å². The van der Waals surface area contributed by atoms with E-state index in [2.05, 4.69) is 24.5 Å². The molecule has 0 radical (unpaired) electrons. The molecule has 0 spiro atoms. The number of ether oxygens (including phenoxy) is 3. The average Bonchev–Trinajstić information content (AvgIpc) is 3.05. The summed E-state index contributed by atoms with van der Waals surface area (Å²) >= 11 is 0. The van der Waals surface area contributed by atoms with Crippen LogP contribution < -0.4 is 24.8 Å². The molecular formula is C25H31N3O6. The van der Waals surface area contributed by atoms with Crippen LogP contribution in [0.4, 0.5) is 4.79 Å². The first-order chi connectivity index (χ1) is 16.1. The molecule has 0 aliphatic carbocycles. The van der Waals surface area contributed by atoms with Crippen LogP contribution in [0.5, 0.6) is 17.2 Å². The number of rotatable bonds is 9. The lowest BCUT2D eigenvalue weighted by Gasteiger charge is -2.23. The number of hydrogen-bond acceptors (Lipinski definition) is 6. The van der Waals surface area contributed by atoms with Gasteiger partial charge < -0.3 is 24.8 Å². The van der Waals surface area contributed by atoms with Gasteiger partial charge in [0.2, 0.25) is 5.91 Å². The summed E-state index contributed by atoms with van der Waals surface area (Å²) in [6.07, 6.45) is 0. The first-order valence-corrected chi connectivity index (χ1v) is 10.9. The van der Waals surface area contributed by atoms with Gasteiger partial charge in [0.15, 0.2) is 11.5 Å². The largest absolute Gasteiger partial charge is 0.496 e. The second-order valence-corrected chi connectivity index (χ2v) is 8.52. The predicted octanol–water partition coefficient (Wildman–Crippen LogP) is 2.92. The van der Waals surface area contributed by atoms with Gasteiger partial charge in [-0.3, -0.25) is 14.5 Å². The Labute approximate surface area is 199 Å². The van der Waals surface area contributed by atoms with E-state index in [-0.39, 0.29) is 6.54 Å². The van der Waals surface area contributed by atoms with E-state index >= 15 is 0 Å². The third-order valence-corrected chi connectivity index (χ3v) is 5.99. The number of imide groups is 1. The van der Waals surface area contributed by atoms with Gasteiger partial charge in [-0.25, -0.2) is 4.79 Å². The standard InChI is InChI=1S/C25H31N3O6/c1-15(2)16-7-9-18(10-8-16)25(3)23(30)28(24(31)27-25)14-22(29)26-13-17-11-20(33-5)21(34-6)12-19(17)32-4/h7-12,15H,13-14H2,1-6H3,(H,26,29)(H,27,31)/t25-/m1/s1. The van der Waals surface area contributed by atoms with Crippen LogP contribution in [-0.4, -0.2) is 50.6 Å². The van der Waals surface area contributed by atoms with Crippen molar-refractivity contribution >= 4 is 17.8 Å². The molecule has 1 aliphatic rings. The third kappa shape index (κ3) is 4.78. The van der Waals surface area contributed by atoms with Crippen LogP contribution in [0.1, 0.15) is 43.4 Å². The second kappa shape index (κ2) is 10.0. The lowest BCUT2D eigenvalue weighted by atomic mass is 9.90. The molecule has 2 N–H and O–H groups in total. The summed E-state index contributed by atoms with van der Waals surface area (Å²) in [5, 5.41) is 5.46. The molecule has 0 saturated carbocycles. The van der Waals surface area contributed by atoms with Crippen molar-refractivity contribution in [3.05, 3.63) is 53.1 Å². The van der Waals surface area contributed by atoms with Gasteiger partial charge in [0.1, 0.15) is 17.8 Å². The Balaban J connectivity index is 1.70. The molecule has 1 atom stereocenters. The molecule has 1 heterocycles. The highest BCUT2D eigenvalue weighted by atomic mass is 16.5. The summed E-state index contributed by atoms with van der Waals surface area (Å²) in [6.45, 7) is 5.51. The van der Waals surface area contributed by atoms with Gasteiger partial charge in [0.05, 0.1) is 21.3 Å². The molecule has 9 heteroatoms. The Hall–Kier alpha value is -3.75. The summed E-state index contributed by atoms with van der Waals surface area (Å²) in [7, 11) is 4.54. The highest BCUT2D eigenvalue weighted by molar-refractivity contribution is 6.09. The lowest BCUT2D eigenvalue weighted by Crippen LogP contribution is -2.43. The number of carbonyl (C=O) groups excluding carboxylic acids is 3. The number of methoxy groups -OCH3 is 3. The van der Waals surface area contributed by atoms with Crippen molar-refractivity contribution in [2.24, 2.45) is 0 Å². The van der Waals surface area contributed by atoms with Gasteiger partial charge in [-0.15, -0.1) is 0 Å². The maximum absolute atomic E-state index is 13.1. The van der Waals surface area contributed by atoms with E-state index in [4.69, 9.17) is 14.2 Å². The van der Waals surface area contributed by atoms with E-state index in [1.54, 1.807) is 19.1 Å². The Morgan fingerprint density at radius 3 is 2.15 bits per heavy atom. The number of carbonyl (C=O) groups is 3. The minimum absolute atomic E-state index is 0.111. The van der Waals surface area contributed by atoms with Crippen LogP contribution in [0, 0.1) is 0 Å². The molecule has 1 aliphatic heterocycles. The van der Waals surface area contributed by atoms with E-state index in [1.165, 1.54) is 21.3 Å². The molecule has 4 amide bonds. The fraction of sp³-hybridized carbons (Fsp3) is 0.400. The maximum Gasteiger partial charge on any atom is 0.325 e.